The molecule has 20 nitrogen and oxygen atoms in total. The highest BCUT2D eigenvalue weighted by Crippen LogP contribution is 2.49. The van der Waals surface area contributed by atoms with E-state index in [9.17, 15) is 59.1 Å². The highest BCUT2D eigenvalue weighted by atomic mass is 32.2. The Bertz CT molecular complexity index is 2010. The Labute approximate surface area is 319 Å². The van der Waals surface area contributed by atoms with Gasteiger partial charge in [-0.05, 0) is 19.1 Å². The third-order valence-electron chi connectivity index (χ3n) is 9.58. The molecule has 1 aromatic heterocycles. The van der Waals surface area contributed by atoms with Crippen molar-refractivity contribution in [1.82, 2.24) is 15.2 Å². The first kappa shape index (κ1) is 40.4. The SMILES string of the molecule is C[C@@H]1S[C@@H]2[C@H](CC(=O)/C(=N\O[C@@H](CC(=O)O)C(=O)O)c3csc(N)n3)C(=O)N2C(C(=O)O)=C1C[N+]1(CCNC(=O)c2ccc(O)c(O)c2C(=O)O)CCCC1. The number of amides is 2. The number of aliphatic carboxylic acids is 3. The van der Waals surface area contributed by atoms with Crippen molar-refractivity contribution in [3.8, 4) is 11.5 Å². The number of phenols is 2. The number of aromatic carboxylic acids is 1. The number of thioether (sulfide) groups is 1. The van der Waals surface area contributed by atoms with Gasteiger partial charge in [0.05, 0.1) is 49.5 Å². The van der Waals surface area contributed by atoms with Crippen molar-refractivity contribution in [2.75, 3.05) is 38.5 Å². The molecule has 5 rings (SSSR count). The summed E-state index contributed by atoms with van der Waals surface area (Å²) in [5.41, 5.74) is 4.27. The van der Waals surface area contributed by atoms with E-state index >= 15 is 0 Å². The quantitative estimate of drug-likeness (QED) is 0.0359. The molecular weight excluding hydrogens is 769 g/mol. The van der Waals surface area contributed by atoms with E-state index in [-0.39, 0.29) is 35.2 Å². The monoisotopic (exact) mass is 805 g/mol. The van der Waals surface area contributed by atoms with E-state index in [0.29, 0.717) is 29.7 Å². The van der Waals surface area contributed by atoms with Gasteiger partial charge >= 0.3 is 23.9 Å². The van der Waals surface area contributed by atoms with Gasteiger partial charge in [-0.25, -0.2) is 19.4 Å². The number of aromatic nitrogens is 1. The topological polar surface area (TPSA) is 317 Å². The minimum absolute atomic E-state index is 0.0351. The van der Waals surface area contributed by atoms with Gasteiger partial charge in [0, 0.05) is 35.5 Å². The number of thiazole rings is 1. The largest absolute Gasteiger partial charge is 0.504 e. The van der Waals surface area contributed by atoms with Crippen LogP contribution in [0.25, 0.3) is 0 Å². The summed E-state index contributed by atoms with van der Waals surface area (Å²) in [4.78, 5) is 97.4. The number of likely N-dealkylation sites (tertiary alicyclic amines) is 1. The lowest BCUT2D eigenvalue weighted by molar-refractivity contribution is -0.911. The number of carboxylic acid groups (broad SMARTS) is 4. The van der Waals surface area contributed by atoms with Crippen molar-refractivity contribution in [2.24, 2.45) is 11.1 Å². The number of phenolic OH excluding ortho intramolecular Hbond substituents is 1. The molecule has 3 aliphatic rings. The number of nitrogens with zero attached hydrogens (tertiary/aromatic N) is 4. The number of nitrogen functional groups attached to an aromatic ring is 1. The first-order valence-corrected chi connectivity index (χ1v) is 18.6. The number of carboxylic acids is 4. The maximum absolute atomic E-state index is 13.6. The molecule has 294 valence electrons. The van der Waals surface area contributed by atoms with Crippen molar-refractivity contribution in [1.29, 1.82) is 0 Å². The second-order valence-electron chi connectivity index (χ2n) is 13.1. The van der Waals surface area contributed by atoms with Crippen LogP contribution in [0, 0.1) is 5.92 Å². The second-order valence-corrected chi connectivity index (χ2v) is 15.5. The number of hydrogen-bond donors (Lipinski definition) is 8. The normalized spacial score (nSPS) is 21.0. The fourth-order valence-electron chi connectivity index (χ4n) is 6.88. The number of fused-ring (bicyclic) bond motifs is 1. The Balaban J connectivity index is 1.33. The molecule has 2 aromatic rings. The molecule has 0 spiro atoms. The number of carbonyl (C=O) groups is 7. The smallest absolute Gasteiger partial charge is 0.352 e. The van der Waals surface area contributed by atoms with Gasteiger partial charge in [0.1, 0.15) is 23.5 Å². The molecule has 22 heteroatoms. The number of carbonyl (C=O) groups excluding carboxylic acids is 3. The van der Waals surface area contributed by atoms with E-state index in [1.54, 1.807) is 6.92 Å². The Kier molecular flexibility index (Phi) is 12.0. The Morgan fingerprint density at radius 1 is 1.09 bits per heavy atom. The van der Waals surface area contributed by atoms with Gasteiger partial charge in [0.15, 0.2) is 28.1 Å². The van der Waals surface area contributed by atoms with Gasteiger partial charge in [-0.2, -0.15) is 0 Å². The number of Topliss-reactive ketones (excluding diaryl/α,β-unsaturated/α-hetero) is 1. The molecule has 3 aliphatic heterocycles. The van der Waals surface area contributed by atoms with Crippen LogP contribution < -0.4 is 11.1 Å². The van der Waals surface area contributed by atoms with Crippen molar-refractivity contribution < 1.29 is 73.5 Å². The van der Waals surface area contributed by atoms with E-state index in [0.717, 1.165) is 41.2 Å². The molecule has 2 saturated heterocycles. The highest BCUT2D eigenvalue weighted by Gasteiger charge is 2.56. The summed E-state index contributed by atoms with van der Waals surface area (Å²) in [6.45, 7) is 3.62. The number of hydrogen-bond acceptors (Lipinski definition) is 15. The van der Waals surface area contributed by atoms with Crippen LogP contribution >= 0.6 is 23.1 Å². The maximum Gasteiger partial charge on any atom is 0.352 e. The molecule has 2 fully saturated rings. The van der Waals surface area contributed by atoms with Crippen LogP contribution in [0.1, 0.15) is 59.0 Å². The third kappa shape index (κ3) is 8.49. The fourth-order valence-corrected chi connectivity index (χ4v) is 8.93. The summed E-state index contributed by atoms with van der Waals surface area (Å²) in [7, 11) is 0. The number of nitrogens with two attached hydrogens (primary N) is 1. The van der Waals surface area contributed by atoms with Gasteiger partial charge in [0.25, 0.3) is 5.91 Å². The summed E-state index contributed by atoms with van der Waals surface area (Å²) in [5, 5.41) is 64.5. The lowest BCUT2D eigenvalue weighted by atomic mass is 9.88. The minimum Gasteiger partial charge on any atom is -0.504 e. The summed E-state index contributed by atoms with van der Waals surface area (Å²) in [6, 6.07) is 2.07. The van der Waals surface area contributed by atoms with Gasteiger partial charge in [-0.15, -0.1) is 23.1 Å². The fraction of sp³-hybridized carbons (Fsp3) is 0.424. The molecule has 1 aromatic carbocycles. The number of aromatic hydroxyl groups is 2. The molecule has 2 amide bonds. The molecule has 9 N–H and O–H groups in total. The number of β-lactam (4-membered cyclic amide) rings is 1. The predicted octanol–water partition coefficient (Wildman–Crippen LogP) is 0.742. The molecule has 4 atom stereocenters. The van der Waals surface area contributed by atoms with Gasteiger partial charge < -0.3 is 51.0 Å². The zero-order chi connectivity index (χ0) is 40.4. The molecule has 55 heavy (non-hydrogen) atoms. The number of benzene rings is 1. The number of oxime groups is 1. The van der Waals surface area contributed by atoms with Crippen LogP contribution in [0.2, 0.25) is 0 Å². The molecule has 0 saturated carbocycles. The zero-order valence-electron chi connectivity index (χ0n) is 29.0. The van der Waals surface area contributed by atoms with E-state index in [1.165, 1.54) is 17.1 Å². The van der Waals surface area contributed by atoms with E-state index in [2.05, 4.69) is 15.5 Å². The first-order chi connectivity index (χ1) is 25.9. The Hall–Kier alpha value is -5.74. The molecular formula is C33H37N6O14S2+. The van der Waals surface area contributed by atoms with Crippen LogP contribution in [-0.2, 0) is 28.8 Å². The van der Waals surface area contributed by atoms with Crippen LogP contribution in [0.3, 0.4) is 0 Å². The lowest BCUT2D eigenvalue weighted by Crippen LogP contribution is -2.63. The highest BCUT2D eigenvalue weighted by molar-refractivity contribution is 8.00. The molecule has 0 bridgehead atoms. The van der Waals surface area contributed by atoms with Crippen LogP contribution in [-0.4, -0.2) is 142 Å². The zero-order valence-corrected chi connectivity index (χ0v) is 30.7. The average molecular weight is 806 g/mol. The van der Waals surface area contributed by atoms with Crippen molar-refractivity contribution in [2.45, 2.75) is 49.3 Å². The van der Waals surface area contributed by atoms with Gasteiger partial charge in [-0.1, -0.05) is 5.16 Å². The van der Waals surface area contributed by atoms with Crippen LogP contribution in [0.4, 0.5) is 5.13 Å². The van der Waals surface area contributed by atoms with E-state index in [1.807, 2.05) is 0 Å². The van der Waals surface area contributed by atoms with E-state index in [4.69, 9.17) is 15.7 Å². The summed E-state index contributed by atoms with van der Waals surface area (Å²) < 4.78 is 0.355. The average Bonchev–Trinajstić information content (AvgIpc) is 3.76. The third-order valence-corrected chi connectivity index (χ3v) is 11.8. The van der Waals surface area contributed by atoms with Gasteiger partial charge in [-0.3, -0.25) is 24.1 Å². The molecule has 0 radical (unpaired) electrons. The van der Waals surface area contributed by atoms with Gasteiger partial charge in [0.2, 0.25) is 12.0 Å². The van der Waals surface area contributed by atoms with Crippen molar-refractivity contribution in [3.63, 3.8) is 0 Å². The number of nitrogens with one attached hydrogen (secondary N) is 1. The van der Waals surface area contributed by atoms with E-state index < -0.39 is 99.7 Å². The van der Waals surface area contributed by atoms with Crippen molar-refractivity contribution >= 4 is 75.4 Å². The standard InChI is InChI=1S/C33H36N6O14S2/c1-14-17(12-39(7-2-3-8-39)9-6-35-27(45)15-4-5-19(40)26(44)23(15)31(49)50)25(32(51)52)38-28(46)16(29(38)55-14)10-20(41)24(18-13-54-33(34)36-18)37-53-21(30(47)48)11-22(42)43/h4-5,13-14,16,21,29H,2-3,6-12H2,1H3,(H8-,34,35,36,37,40,41,42,43,44,45,47,48,49,50,51,52)/p+1/t14-,16+,21-,29+/m0/s1. The Morgan fingerprint density at radius 3 is 2.36 bits per heavy atom. The number of ketones is 1. The molecule has 0 aliphatic carbocycles. The maximum atomic E-state index is 13.6. The summed E-state index contributed by atoms with van der Waals surface area (Å²) >= 11 is 2.22. The number of anilines is 1. The lowest BCUT2D eigenvalue weighted by Gasteiger charge is -2.51. The second kappa shape index (κ2) is 16.3. The molecule has 4 heterocycles. The van der Waals surface area contributed by atoms with Crippen LogP contribution in [0.15, 0.2) is 33.9 Å². The van der Waals surface area contributed by atoms with Crippen molar-refractivity contribution in [3.05, 3.63) is 45.6 Å². The first-order valence-electron chi connectivity index (χ1n) is 16.7. The summed E-state index contributed by atoms with van der Waals surface area (Å²) in [5.74, 6) is -11.0. The predicted molar refractivity (Wildman–Crippen MR) is 191 cm³/mol. The summed E-state index contributed by atoms with van der Waals surface area (Å²) in [6.07, 6.45) is -1.79. The molecule has 0 unspecified atom stereocenters. The number of quaternary nitrogens is 1. The number of rotatable bonds is 17. The Morgan fingerprint density at radius 2 is 1.78 bits per heavy atom. The van der Waals surface area contributed by atoms with Crippen LogP contribution in [0.5, 0.6) is 11.5 Å². The minimum atomic E-state index is -1.94.